The van der Waals surface area contributed by atoms with Crippen LogP contribution in [0.2, 0.25) is 0 Å². The molecule has 0 fully saturated rings. The Morgan fingerprint density at radius 3 is 2.94 bits per heavy atom. The van der Waals surface area contributed by atoms with E-state index in [0.29, 0.717) is 0 Å². The summed E-state index contributed by atoms with van der Waals surface area (Å²) in [7, 11) is 0. The number of hydrogen-bond acceptors (Lipinski definition) is 2. The van der Waals surface area contributed by atoms with Gasteiger partial charge in [0, 0.05) is 5.69 Å². The van der Waals surface area contributed by atoms with Crippen LogP contribution < -0.4 is 0 Å². The second-order valence-corrected chi connectivity index (χ2v) is 4.73. The van der Waals surface area contributed by atoms with Crippen LogP contribution in [0.15, 0.2) is 42.7 Å². The first-order chi connectivity index (χ1) is 8.92. The molecular weight excluding hydrogens is 222 g/mol. The molecule has 18 heavy (non-hydrogen) atoms. The Kier molecular flexibility index (Phi) is 2.00. The predicted octanol–water partition coefficient (Wildman–Crippen LogP) is 2.91. The molecule has 0 saturated heterocycles. The van der Waals surface area contributed by atoms with Crippen molar-refractivity contribution in [3.63, 3.8) is 0 Å². The van der Waals surface area contributed by atoms with Gasteiger partial charge in [-0.1, -0.05) is 18.2 Å². The highest BCUT2D eigenvalue weighted by Gasteiger charge is 2.13. The lowest BCUT2D eigenvalue weighted by Gasteiger charge is -2.05. The zero-order chi connectivity index (χ0) is 11.9. The number of rotatable bonds is 1. The van der Waals surface area contributed by atoms with Crippen LogP contribution in [0.5, 0.6) is 0 Å². The largest absolute Gasteiger partial charge is 0.283 e. The topological polar surface area (TPSA) is 30.7 Å². The SMILES string of the molecule is c1ccc2c(c1)ncn2-c1ccc2c(n1)CCC2. The molecule has 0 unspecified atom stereocenters. The standard InChI is InChI=1S/C15H13N3/c1-2-7-14-13(5-1)16-10-18(14)15-9-8-11-4-3-6-12(11)17-15/h1-2,5,7-10H,3-4,6H2. The summed E-state index contributed by atoms with van der Waals surface area (Å²) in [6, 6.07) is 12.5. The van der Waals surface area contributed by atoms with E-state index in [4.69, 9.17) is 4.98 Å². The summed E-state index contributed by atoms with van der Waals surface area (Å²) in [5.74, 6) is 0.976. The van der Waals surface area contributed by atoms with Gasteiger partial charge in [0.1, 0.15) is 12.1 Å². The first kappa shape index (κ1) is 9.83. The maximum atomic E-state index is 4.77. The fourth-order valence-corrected chi connectivity index (χ4v) is 2.68. The molecule has 2 aromatic heterocycles. The van der Waals surface area contributed by atoms with Crippen LogP contribution in [-0.4, -0.2) is 14.5 Å². The van der Waals surface area contributed by atoms with Crippen molar-refractivity contribution in [3.8, 4) is 5.82 Å². The highest BCUT2D eigenvalue weighted by molar-refractivity contribution is 5.76. The first-order valence-corrected chi connectivity index (χ1v) is 6.33. The third-order valence-corrected chi connectivity index (χ3v) is 3.61. The molecule has 1 aliphatic rings. The van der Waals surface area contributed by atoms with Crippen molar-refractivity contribution in [1.29, 1.82) is 0 Å². The number of aromatic nitrogens is 3. The summed E-state index contributed by atoms with van der Waals surface area (Å²) in [6.45, 7) is 0. The van der Waals surface area contributed by atoms with Gasteiger partial charge >= 0.3 is 0 Å². The Morgan fingerprint density at radius 2 is 1.94 bits per heavy atom. The lowest BCUT2D eigenvalue weighted by molar-refractivity contribution is 0.893. The van der Waals surface area contributed by atoms with Gasteiger partial charge in [-0.25, -0.2) is 9.97 Å². The van der Waals surface area contributed by atoms with E-state index in [2.05, 4.69) is 27.8 Å². The van der Waals surface area contributed by atoms with Crippen LogP contribution in [0.4, 0.5) is 0 Å². The molecule has 1 aromatic carbocycles. The third kappa shape index (κ3) is 1.37. The van der Waals surface area contributed by atoms with Crippen LogP contribution in [-0.2, 0) is 12.8 Å². The van der Waals surface area contributed by atoms with Crippen molar-refractivity contribution in [2.75, 3.05) is 0 Å². The van der Waals surface area contributed by atoms with Gasteiger partial charge in [-0.15, -0.1) is 0 Å². The molecule has 0 spiro atoms. The Balaban J connectivity index is 1.92. The van der Waals surface area contributed by atoms with Gasteiger partial charge in [0.15, 0.2) is 0 Å². The van der Waals surface area contributed by atoms with Gasteiger partial charge < -0.3 is 0 Å². The fraction of sp³-hybridized carbons (Fsp3) is 0.200. The zero-order valence-electron chi connectivity index (χ0n) is 10.0. The van der Waals surface area contributed by atoms with Gasteiger partial charge in [-0.3, -0.25) is 4.57 Å². The molecule has 0 radical (unpaired) electrons. The van der Waals surface area contributed by atoms with E-state index in [1.807, 2.05) is 24.5 Å². The highest BCUT2D eigenvalue weighted by atomic mass is 15.1. The first-order valence-electron chi connectivity index (χ1n) is 6.33. The number of benzene rings is 1. The van der Waals surface area contributed by atoms with Crippen molar-refractivity contribution >= 4 is 11.0 Å². The molecule has 3 nitrogen and oxygen atoms in total. The van der Waals surface area contributed by atoms with Crippen molar-refractivity contribution in [3.05, 3.63) is 54.0 Å². The van der Waals surface area contributed by atoms with Gasteiger partial charge in [-0.2, -0.15) is 0 Å². The molecule has 4 rings (SSSR count). The number of fused-ring (bicyclic) bond motifs is 2. The number of hydrogen-bond donors (Lipinski definition) is 0. The lowest BCUT2D eigenvalue weighted by atomic mass is 10.2. The Morgan fingerprint density at radius 1 is 1.00 bits per heavy atom. The number of aryl methyl sites for hydroxylation is 2. The Bertz CT molecular complexity index is 727. The van der Waals surface area contributed by atoms with Crippen molar-refractivity contribution in [2.45, 2.75) is 19.3 Å². The van der Waals surface area contributed by atoms with E-state index in [0.717, 1.165) is 23.3 Å². The minimum absolute atomic E-state index is 0.976. The molecule has 3 aromatic rings. The minimum Gasteiger partial charge on any atom is -0.283 e. The van der Waals surface area contributed by atoms with Crippen LogP contribution in [0.3, 0.4) is 0 Å². The van der Waals surface area contributed by atoms with Gasteiger partial charge in [0.2, 0.25) is 0 Å². The molecule has 1 aliphatic carbocycles. The predicted molar refractivity (Wildman–Crippen MR) is 70.9 cm³/mol. The smallest absolute Gasteiger partial charge is 0.138 e. The summed E-state index contributed by atoms with van der Waals surface area (Å²) in [5, 5.41) is 0. The second kappa shape index (κ2) is 3.67. The lowest BCUT2D eigenvalue weighted by Crippen LogP contribution is -1.99. The molecule has 0 aliphatic heterocycles. The quantitative estimate of drug-likeness (QED) is 0.649. The Hall–Kier alpha value is -2.16. The monoisotopic (exact) mass is 235 g/mol. The number of para-hydroxylation sites is 2. The molecule has 0 N–H and O–H groups in total. The van der Waals surface area contributed by atoms with Crippen molar-refractivity contribution in [2.24, 2.45) is 0 Å². The van der Waals surface area contributed by atoms with Crippen LogP contribution in [0, 0.1) is 0 Å². The van der Waals surface area contributed by atoms with E-state index in [-0.39, 0.29) is 0 Å². The van der Waals surface area contributed by atoms with Gasteiger partial charge in [0.25, 0.3) is 0 Å². The van der Waals surface area contributed by atoms with Crippen molar-refractivity contribution in [1.82, 2.24) is 14.5 Å². The number of pyridine rings is 1. The van der Waals surface area contributed by atoms with Gasteiger partial charge in [0.05, 0.1) is 11.0 Å². The maximum Gasteiger partial charge on any atom is 0.138 e. The molecule has 3 heteroatoms. The zero-order valence-corrected chi connectivity index (χ0v) is 10.0. The molecular formula is C15H13N3. The normalized spacial score (nSPS) is 14.0. The number of imidazole rings is 1. The van der Waals surface area contributed by atoms with E-state index in [1.165, 1.54) is 24.1 Å². The third-order valence-electron chi connectivity index (χ3n) is 3.61. The van der Waals surface area contributed by atoms with Gasteiger partial charge in [-0.05, 0) is 43.0 Å². The second-order valence-electron chi connectivity index (χ2n) is 4.73. The van der Waals surface area contributed by atoms with Crippen LogP contribution in [0.1, 0.15) is 17.7 Å². The molecule has 2 heterocycles. The highest BCUT2D eigenvalue weighted by Crippen LogP contribution is 2.23. The van der Waals surface area contributed by atoms with Crippen molar-refractivity contribution < 1.29 is 0 Å². The maximum absolute atomic E-state index is 4.77. The average molecular weight is 235 g/mol. The van der Waals surface area contributed by atoms with E-state index >= 15 is 0 Å². The molecule has 0 bridgehead atoms. The summed E-state index contributed by atoms with van der Waals surface area (Å²) < 4.78 is 2.06. The minimum atomic E-state index is 0.976. The number of nitrogens with zero attached hydrogens (tertiary/aromatic N) is 3. The molecule has 0 amide bonds. The molecule has 0 atom stereocenters. The summed E-state index contributed by atoms with van der Waals surface area (Å²) in [6.07, 6.45) is 5.37. The fourth-order valence-electron chi connectivity index (χ4n) is 2.68. The Labute approximate surface area is 105 Å². The average Bonchev–Trinajstić information content (AvgIpc) is 3.04. The van der Waals surface area contributed by atoms with E-state index in [1.54, 1.807) is 0 Å². The summed E-state index contributed by atoms with van der Waals surface area (Å²) >= 11 is 0. The molecule has 0 saturated carbocycles. The molecule has 88 valence electrons. The van der Waals surface area contributed by atoms with E-state index < -0.39 is 0 Å². The van der Waals surface area contributed by atoms with Crippen LogP contribution >= 0.6 is 0 Å². The summed E-state index contributed by atoms with van der Waals surface area (Å²) in [4.78, 5) is 9.18. The summed E-state index contributed by atoms with van der Waals surface area (Å²) in [5.41, 5.74) is 4.79. The van der Waals surface area contributed by atoms with E-state index in [9.17, 15) is 0 Å². The van der Waals surface area contributed by atoms with Crippen LogP contribution in [0.25, 0.3) is 16.9 Å².